The molecule has 1 aliphatic rings. The number of nitrogens with one attached hydrogen (secondary N) is 1. The van der Waals surface area contributed by atoms with E-state index >= 15 is 0 Å². The molecule has 1 aromatic heterocycles. The number of aliphatic carboxylic acids is 1. The molecule has 110 valence electrons. The fourth-order valence-electron chi connectivity index (χ4n) is 2.35. The second kappa shape index (κ2) is 6.69. The van der Waals surface area contributed by atoms with Crippen molar-refractivity contribution in [3.63, 3.8) is 0 Å². The Morgan fingerprint density at radius 3 is 2.75 bits per heavy atom. The first-order chi connectivity index (χ1) is 9.54. The molecule has 0 atom stereocenters. The van der Waals surface area contributed by atoms with E-state index in [1.807, 2.05) is 12.3 Å². The van der Waals surface area contributed by atoms with Gasteiger partial charge in [0, 0.05) is 24.9 Å². The van der Waals surface area contributed by atoms with Gasteiger partial charge in [0.2, 0.25) is 0 Å². The highest BCUT2D eigenvalue weighted by atomic mass is 32.1. The van der Waals surface area contributed by atoms with Crippen LogP contribution in [0.1, 0.15) is 30.0 Å². The van der Waals surface area contributed by atoms with E-state index < -0.39 is 5.97 Å². The number of hydrogen-bond donors (Lipinski definition) is 2. The molecule has 1 saturated heterocycles. The lowest BCUT2D eigenvalue weighted by atomic mass is 9.94. The zero-order valence-electron chi connectivity index (χ0n) is 11.5. The standard InChI is InChI=1S/C13H19N3O3S/c1-9-15-11(8-20-9)7-14-13(19)16-4-2-10(3-5-16)6-12(17)18/h8,10H,2-7H2,1H3,(H,14,19)(H,17,18). The number of rotatable bonds is 4. The van der Waals surface area contributed by atoms with Crippen LogP contribution < -0.4 is 5.32 Å². The number of aryl methyl sites for hydroxylation is 1. The monoisotopic (exact) mass is 297 g/mol. The third kappa shape index (κ3) is 4.19. The van der Waals surface area contributed by atoms with E-state index in [9.17, 15) is 9.59 Å². The van der Waals surface area contributed by atoms with Gasteiger partial charge >= 0.3 is 12.0 Å². The Hall–Kier alpha value is -1.63. The molecule has 6 nitrogen and oxygen atoms in total. The normalized spacial score (nSPS) is 16.1. The van der Waals surface area contributed by atoms with Crippen molar-refractivity contribution in [2.45, 2.75) is 32.7 Å². The minimum atomic E-state index is -0.758. The number of nitrogens with zero attached hydrogens (tertiary/aromatic N) is 2. The maximum atomic E-state index is 12.0. The molecule has 20 heavy (non-hydrogen) atoms. The molecule has 7 heteroatoms. The molecule has 0 saturated carbocycles. The Labute approximate surface area is 121 Å². The van der Waals surface area contributed by atoms with Crippen LogP contribution in [-0.2, 0) is 11.3 Å². The van der Waals surface area contributed by atoms with Gasteiger partial charge < -0.3 is 15.3 Å². The largest absolute Gasteiger partial charge is 0.481 e. The number of piperidine rings is 1. The maximum Gasteiger partial charge on any atom is 0.317 e. The number of urea groups is 1. The average Bonchev–Trinajstić information content (AvgIpc) is 2.82. The second-order valence-corrected chi connectivity index (χ2v) is 6.11. The van der Waals surface area contributed by atoms with Gasteiger partial charge in [0.15, 0.2) is 0 Å². The highest BCUT2D eigenvalue weighted by Gasteiger charge is 2.24. The molecule has 0 aromatic carbocycles. The lowest BCUT2D eigenvalue weighted by Crippen LogP contribution is -2.44. The molecular formula is C13H19N3O3S. The van der Waals surface area contributed by atoms with E-state index in [0.29, 0.717) is 19.6 Å². The summed E-state index contributed by atoms with van der Waals surface area (Å²) in [4.78, 5) is 28.7. The first-order valence-electron chi connectivity index (χ1n) is 6.70. The van der Waals surface area contributed by atoms with Gasteiger partial charge in [-0.15, -0.1) is 11.3 Å². The van der Waals surface area contributed by atoms with Gasteiger partial charge in [-0.1, -0.05) is 0 Å². The molecule has 0 spiro atoms. The Bertz CT molecular complexity index is 481. The first kappa shape index (κ1) is 14.8. The van der Waals surface area contributed by atoms with Gasteiger partial charge in [-0.3, -0.25) is 4.79 Å². The quantitative estimate of drug-likeness (QED) is 0.888. The number of thiazole rings is 1. The van der Waals surface area contributed by atoms with Gasteiger partial charge in [-0.05, 0) is 25.7 Å². The Morgan fingerprint density at radius 2 is 2.20 bits per heavy atom. The Morgan fingerprint density at radius 1 is 1.50 bits per heavy atom. The molecule has 0 bridgehead atoms. The highest BCUT2D eigenvalue weighted by Crippen LogP contribution is 2.20. The number of amides is 2. The Balaban J connectivity index is 1.73. The van der Waals surface area contributed by atoms with E-state index in [1.165, 1.54) is 0 Å². The van der Waals surface area contributed by atoms with E-state index in [4.69, 9.17) is 5.11 Å². The summed E-state index contributed by atoms with van der Waals surface area (Å²) in [6.07, 6.45) is 1.72. The third-order valence-electron chi connectivity index (χ3n) is 3.45. The van der Waals surface area contributed by atoms with Crippen LogP contribution in [0.3, 0.4) is 0 Å². The SMILES string of the molecule is Cc1nc(CNC(=O)N2CCC(CC(=O)O)CC2)cs1. The summed E-state index contributed by atoms with van der Waals surface area (Å²) in [5, 5.41) is 14.5. The molecular weight excluding hydrogens is 278 g/mol. The number of likely N-dealkylation sites (tertiary alicyclic amines) is 1. The molecule has 1 aromatic rings. The van der Waals surface area contributed by atoms with Crippen LogP contribution in [-0.4, -0.2) is 40.1 Å². The lowest BCUT2D eigenvalue weighted by molar-refractivity contribution is -0.138. The van der Waals surface area contributed by atoms with Gasteiger partial charge in [-0.25, -0.2) is 9.78 Å². The van der Waals surface area contributed by atoms with Gasteiger partial charge in [0.1, 0.15) is 0 Å². The van der Waals surface area contributed by atoms with E-state index in [0.717, 1.165) is 23.5 Å². The zero-order valence-corrected chi connectivity index (χ0v) is 12.3. The minimum absolute atomic E-state index is 0.0931. The molecule has 2 rings (SSSR count). The van der Waals surface area contributed by atoms with Crippen molar-refractivity contribution in [3.8, 4) is 0 Å². The van der Waals surface area contributed by atoms with E-state index in [1.54, 1.807) is 16.2 Å². The summed E-state index contributed by atoms with van der Waals surface area (Å²) in [6, 6.07) is -0.0931. The number of hydrogen-bond acceptors (Lipinski definition) is 4. The zero-order chi connectivity index (χ0) is 14.5. The molecule has 1 fully saturated rings. The average molecular weight is 297 g/mol. The summed E-state index contributed by atoms with van der Waals surface area (Å²) < 4.78 is 0. The number of carboxylic acid groups (broad SMARTS) is 1. The van der Waals surface area contributed by atoms with Crippen molar-refractivity contribution in [2.24, 2.45) is 5.92 Å². The van der Waals surface area contributed by atoms with Crippen LogP contribution in [0, 0.1) is 12.8 Å². The maximum absolute atomic E-state index is 12.0. The smallest absolute Gasteiger partial charge is 0.317 e. The van der Waals surface area contributed by atoms with Crippen LogP contribution in [0.4, 0.5) is 4.79 Å². The van der Waals surface area contributed by atoms with Crippen LogP contribution in [0.15, 0.2) is 5.38 Å². The van der Waals surface area contributed by atoms with Crippen LogP contribution in [0.25, 0.3) is 0 Å². The van der Waals surface area contributed by atoms with Crippen molar-refractivity contribution < 1.29 is 14.7 Å². The van der Waals surface area contributed by atoms with Crippen molar-refractivity contribution in [2.75, 3.05) is 13.1 Å². The van der Waals surface area contributed by atoms with Crippen LogP contribution in [0.2, 0.25) is 0 Å². The van der Waals surface area contributed by atoms with Crippen molar-refractivity contribution in [3.05, 3.63) is 16.1 Å². The highest BCUT2D eigenvalue weighted by molar-refractivity contribution is 7.09. The first-order valence-corrected chi connectivity index (χ1v) is 7.58. The van der Waals surface area contributed by atoms with Crippen molar-refractivity contribution in [1.29, 1.82) is 0 Å². The molecule has 2 heterocycles. The summed E-state index contributed by atoms with van der Waals surface area (Å²) in [6.45, 7) is 3.63. The summed E-state index contributed by atoms with van der Waals surface area (Å²) >= 11 is 1.57. The van der Waals surface area contributed by atoms with E-state index in [2.05, 4.69) is 10.3 Å². The van der Waals surface area contributed by atoms with Crippen molar-refractivity contribution in [1.82, 2.24) is 15.2 Å². The fourth-order valence-corrected chi connectivity index (χ4v) is 2.97. The number of carbonyl (C=O) groups is 2. The predicted octanol–water partition coefficient (Wildman–Crippen LogP) is 1.85. The van der Waals surface area contributed by atoms with Crippen LogP contribution >= 0.6 is 11.3 Å². The molecule has 0 aliphatic carbocycles. The molecule has 2 amide bonds. The molecule has 0 unspecified atom stereocenters. The third-order valence-corrected chi connectivity index (χ3v) is 4.27. The van der Waals surface area contributed by atoms with Gasteiger partial charge in [0.05, 0.1) is 17.2 Å². The molecule has 0 radical (unpaired) electrons. The topological polar surface area (TPSA) is 82.5 Å². The van der Waals surface area contributed by atoms with Crippen molar-refractivity contribution >= 4 is 23.3 Å². The number of aromatic nitrogens is 1. The summed E-state index contributed by atoms with van der Waals surface area (Å²) in [5.74, 6) is -0.565. The lowest BCUT2D eigenvalue weighted by Gasteiger charge is -2.31. The Kier molecular flexibility index (Phi) is 4.94. The van der Waals surface area contributed by atoms with Crippen LogP contribution in [0.5, 0.6) is 0 Å². The summed E-state index contributed by atoms with van der Waals surface area (Å²) in [7, 11) is 0. The minimum Gasteiger partial charge on any atom is -0.481 e. The van der Waals surface area contributed by atoms with Gasteiger partial charge in [0.25, 0.3) is 0 Å². The van der Waals surface area contributed by atoms with E-state index in [-0.39, 0.29) is 18.4 Å². The molecule has 1 aliphatic heterocycles. The second-order valence-electron chi connectivity index (χ2n) is 5.04. The molecule has 2 N–H and O–H groups in total. The summed E-state index contributed by atoms with van der Waals surface area (Å²) in [5.41, 5.74) is 0.876. The predicted molar refractivity (Wildman–Crippen MR) is 75.6 cm³/mol. The number of carboxylic acids is 1. The number of carbonyl (C=O) groups excluding carboxylic acids is 1. The van der Waals surface area contributed by atoms with Gasteiger partial charge in [-0.2, -0.15) is 0 Å². The fraction of sp³-hybridized carbons (Fsp3) is 0.615.